The minimum atomic E-state index is -4.30. The lowest BCUT2D eigenvalue weighted by Crippen LogP contribution is -2.29. The first kappa shape index (κ1) is 19.0. The molecule has 0 aliphatic heterocycles. The molecule has 0 spiro atoms. The molecule has 27 heavy (non-hydrogen) atoms. The van der Waals surface area contributed by atoms with E-state index in [-0.39, 0.29) is 4.90 Å². The smallest absolute Gasteiger partial charge is 0.296 e. The Bertz CT molecular complexity index is 925. The number of aromatic nitrogens is 2. The standard InChI is InChI=1S/C19H20N4O3S/c24-27(25,26)19-10-2-1-9-18(19)22-15-23(13-16-7-3-5-11-20-16)14-17-8-4-6-12-21-17/h1-12,22H,13-15H2,(H,24,25,26). The molecular formula is C19H20N4O3S. The average molecular weight is 384 g/mol. The number of nitrogens with zero attached hydrogens (tertiary/aromatic N) is 3. The van der Waals surface area contributed by atoms with E-state index in [1.54, 1.807) is 30.6 Å². The Morgan fingerprint density at radius 2 is 1.41 bits per heavy atom. The fourth-order valence-electron chi connectivity index (χ4n) is 2.64. The zero-order valence-electron chi connectivity index (χ0n) is 14.6. The molecule has 3 rings (SSSR count). The van der Waals surface area contributed by atoms with Crippen molar-refractivity contribution in [1.82, 2.24) is 14.9 Å². The molecule has 3 aromatic rings. The van der Waals surface area contributed by atoms with Crippen LogP contribution in [0.4, 0.5) is 5.69 Å². The first-order valence-corrected chi connectivity index (χ1v) is 9.79. The number of anilines is 1. The van der Waals surface area contributed by atoms with Gasteiger partial charge in [0, 0.05) is 25.5 Å². The molecular weight excluding hydrogens is 364 g/mol. The summed E-state index contributed by atoms with van der Waals surface area (Å²) in [7, 11) is -4.30. The predicted molar refractivity (Wildman–Crippen MR) is 102 cm³/mol. The first-order valence-electron chi connectivity index (χ1n) is 8.35. The van der Waals surface area contributed by atoms with Gasteiger partial charge in [0.25, 0.3) is 10.1 Å². The second kappa shape index (κ2) is 8.72. The minimum absolute atomic E-state index is 0.152. The summed E-state index contributed by atoms with van der Waals surface area (Å²) in [6.07, 6.45) is 3.46. The fraction of sp³-hybridized carbons (Fsp3) is 0.158. The zero-order chi connectivity index (χ0) is 19.1. The van der Waals surface area contributed by atoms with E-state index in [4.69, 9.17) is 0 Å². The van der Waals surface area contributed by atoms with Crippen molar-refractivity contribution in [2.24, 2.45) is 0 Å². The number of para-hydroxylation sites is 1. The van der Waals surface area contributed by atoms with Crippen molar-refractivity contribution in [3.05, 3.63) is 84.4 Å². The van der Waals surface area contributed by atoms with Gasteiger partial charge in [-0.1, -0.05) is 24.3 Å². The van der Waals surface area contributed by atoms with Gasteiger partial charge < -0.3 is 5.32 Å². The molecule has 0 saturated heterocycles. The average Bonchev–Trinajstić information content (AvgIpc) is 2.67. The SMILES string of the molecule is O=S(=O)(O)c1ccccc1NCN(Cc1ccccn1)Cc1ccccn1. The van der Waals surface area contributed by atoms with Crippen LogP contribution in [0.15, 0.2) is 78.0 Å². The Morgan fingerprint density at radius 1 is 0.852 bits per heavy atom. The monoisotopic (exact) mass is 384 g/mol. The van der Waals surface area contributed by atoms with E-state index in [2.05, 4.69) is 15.3 Å². The lowest BCUT2D eigenvalue weighted by molar-refractivity contribution is 0.269. The molecule has 2 aromatic heterocycles. The summed E-state index contributed by atoms with van der Waals surface area (Å²) in [6, 6.07) is 17.6. The van der Waals surface area contributed by atoms with Crippen LogP contribution < -0.4 is 5.32 Å². The molecule has 0 aliphatic carbocycles. The van der Waals surface area contributed by atoms with Crippen molar-refractivity contribution in [3.8, 4) is 0 Å². The molecule has 8 heteroatoms. The molecule has 0 fully saturated rings. The van der Waals surface area contributed by atoms with Crippen molar-refractivity contribution in [2.75, 3.05) is 12.0 Å². The van der Waals surface area contributed by atoms with Gasteiger partial charge in [-0.2, -0.15) is 8.42 Å². The Hall–Kier alpha value is -2.81. The number of nitrogens with one attached hydrogen (secondary N) is 1. The van der Waals surface area contributed by atoms with Crippen LogP contribution >= 0.6 is 0 Å². The molecule has 0 atom stereocenters. The highest BCUT2D eigenvalue weighted by Gasteiger charge is 2.16. The second-order valence-corrected chi connectivity index (χ2v) is 7.33. The Kier molecular flexibility index (Phi) is 6.12. The van der Waals surface area contributed by atoms with E-state index in [1.165, 1.54) is 6.07 Å². The maximum Gasteiger partial charge on any atom is 0.296 e. The van der Waals surface area contributed by atoms with Crippen molar-refractivity contribution in [3.63, 3.8) is 0 Å². The van der Waals surface area contributed by atoms with Crippen molar-refractivity contribution >= 4 is 15.8 Å². The third-order valence-corrected chi connectivity index (χ3v) is 4.79. The van der Waals surface area contributed by atoms with E-state index in [0.29, 0.717) is 25.4 Å². The molecule has 0 aliphatic rings. The van der Waals surface area contributed by atoms with E-state index < -0.39 is 10.1 Å². The normalized spacial score (nSPS) is 11.5. The summed E-state index contributed by atoms with van der Waals surface area (Å²) in [6.45, 7) is 1.45. The van der Waals surface area contributed by atoms with E-state index >= 15 is 0 Å². The number of hydrogen-bond acceptors (Lipinski definition) is 6. The van der Waals surface area contributed by atoms with Crippen LogP contribution in [-0.2, 0) is 23.2 Å². The van der Waals surface area contributed by atoms with Gasteiger partial charge in [0.15, 0.2) is 0 Å². The molecule has 2 heterocycles. The van der Waals surface area contributed by atoms with Crippen LogP contribution in [0, 0.1) is 0 Å². The number of rotatable bonds is 8. The van der Waals surface area contributed by atoms with Gasteiger partial charge in [-0.25, -0.2) is 0 Å². The van der Waals surface area contributed by atoms with Gasteiger partial charge >= 0.3 is 0 Å². The van der Waals surface area contributed by atoms with Crippen LogP contribution in [0.25, 0.3) is 0 Å². The summed E-state index contributed by atoms with van der Waals surface area (Å²) < 4.78 is 32.5. The molecule has 0 bridgehead atoms. The first-order chi connectivity index (χ1) is 13.0. The van der Waals surface area contributed by atoms with Crippen LogP contribution in [0.1, 0.15) is 11.4 Å². The largest absolute Gasteiger partial charge is 0.371 e. The maximum absolute atomic E-state index is 11.6. The maximum atomic E-state index is 11.6. The topological polar surface area (TPSA) is 95.4 Å². The van der Waals surface area contributed by atoms with E-state index in [9.17, 15) is 13.0 Å². The number of hydrogen-bond donors (Lipinski definition) is 2. The third kappa shape index (κ3) is 5.58. The molecule has 2 N–H and O–H groups in total. The van der Waals surface area contributed by atoms with Crippen LogP contribution in [0.2, 0.25) is 0 Å². The highest BCUT2D eigenvalue weighted by atomic mass is 32.2. The van der Waals surface area contributed by atoms with E-state index in [1.807, 2.05) is 41.3 Å². The van der Waals surface area contributed by atoms with Crippen molar-refractivity contribution < 1.29 is 13.0 Å². The van der Waals surface area contributed by atoms with Crippen molar-refractivity contribution in [2.45, 2.75) is 18.0 Å². The molecule has 1 aromatic carbocycles. The Labute approximate surface area is 158 Å². The van der Waals surface area contributed by atoms with Gasteiger partial charge in [-0.3, -0.25) is 19.4 Å². The zero-order valence-corrected chi connectivity index (χ0v) is 15.4. The number of benzene rings is 1. The lowest BCUT2D eigenvalue weighted by atomic mass is 10.3. The number of pyridine rings is 2. The minimum Gasteiger partial charge on any atom is -0.371 e. The van der Waals surface area contributed by atoms with Gasteiger partial charge in [0.1, 0.15) is 4.90 Å². The van der Waals surface area contributed by atoms with Gasteiger partial charge in [-0.15, -0.1) is 0 Å². The predicted octanol–water partition coefficient (Wildman–Crippen LogP) is 2.80. The van der Waals surface area contributed by atoms with Crippen LogP contribution in [0.5, 0.6) is 0 Å². The molecule has 140 valence electrons. The van der Waals surface area contributed by atoms with Gasteiger partial charge in [0.2, 0.25) is 0 Å². The Morgan fingerprint density at radius 3 is 1.93 bits per heavy atom. The highest BCUT2D eigenvalue weighted by Crippen LogP contribution is 2.20. The van der Waals surface area contributed by atoms with Gasteiger partial charge in [-0.05, 0) is 36.4 Å². The third-order valence-electron chi connectivity index (χ3n) is 3.88. The lowest BCUT2D eigenvalue weighted by Gasteiger charge is -2.23. The fourth-order valence-corrected chi connectivity index (χ4v) is 3.31. The van der Waals surface area contributed by atoms with Crippen LogP contribution in [0.3, 0.4) is 0 Å². The quantitative estimate of drug-likeness (QED) is 0.455. The second-order valence-electron chi connectivity index (χ2n) is 5.94. The molecule has 0 saturated carbocycles. The summed E-state index contributed by atoms with van der Waals surface area (Å²) in [4.78, 5) is 10.6. The summed E-state index contributed by atoms with van der Waals surface area (Å²) in [5.74, 6) is 0. The summed E-state index contributed by atoms with van der Waals surface area (Å²) in [5.41, 5.74) is 2.11. The van der Waals surface area contributed by atoms with Crippen LogP contribution in [-0.4, -0.2) is 34.5 Å². The Balaban J connectivity index is 1.77. The summed E-state index contributed by atoms with van der Waals surface area (Å²) >= 11 is 0. The van der Waals surface area contributed by atoms with E-state index in [0.717, 1.165) is 11.4 Å². The molecule has 0 unspecified atom stereocenters. The highest BCUT2D eigenvalue weighted by molar-refractivity contribution is 7.86. The van der Waals surface area contributed by atoms with Crippen molar-refractivity contribution in [1.29, 1.82) is 0 Å². The summed E-state index contributed by atoms with van der Waals surface area (Å²) in [5, 5.41) is 3.09. The molecule has 0 amide bonds. The molecule has 7 nitrogen and oxygen atoms in total. The molecule has 0 radical (unpaired) electrons. The van der Waals surface area contributed by atoms with Gasteiger partial charge in [0.05, 0.1) is 23.7 Å².